The van der Waals surface area contributed by atoms with Crippen molar-refractivity contribution in [3.63, 3.8) is 0 Å². The van der Waals surface area contributed by atoms with Crippen molar-refractivity contribution in [1.82, 2.24) is 9.97 Å². The molecule has 1 aromatic carbocycles. The Labute approximate surface area is 136 Å². The van der Waals surface area contributed by atoms with Gasteiger partial charge in [-0.3, -0.25) is 9.78 Å². The van der Waals surface area contributed by atoms with Crippen LogP contribution in [0.1, 0.15) is 35.9 Å². The molecular weight excluding hydrogens is 290 g/mol. The van der Waals surface area contributed by atoms with Gasteiger partial charge < -0.3 is 9.64 Å². The van der Waals surface area contributed by atoms with E-state index in [0.29, 0.717) is 11.6 Å². The number of ether oxygens (including phenoxy) is 1. The van der Waals surface area contributed by atoms with E-state index in [1.54, 1.807) is 19.5 Å². The van der Waals surface area contributed by atoms with Crippen LogP contribution in [0.2, 0.25) is 0 Å². The minimum atomic E-state index is -0.109. The summed E-state index contributed by atoms with van der Waals surface area (Å²) in [6.45, 7) is 3.96. The fraction of sp³-hybridized carbons (Fsp3) is 0.389. The zero-order valence-electron chi connectivity index (χ0n) is 13.7. The van der Waals surface area contributed by atoms with Crippen LogP contribution < -0.4 is 9.64 Å². The first-order valence-electron chi connectivity index (χ1n) is 7.86. The Hall–Kier alpha value is -2.43. The number of hydrogen-bond acceptors (Lipinski definition) is 4. The summed E-state index contributed by atoms with van der Waals surface area (Å²) < 4.78 is 5.20. The molecule has 1 fully saturated rings. The van der Waals surface area contributed by atoms with Gasteiger partial charge >= 0.3 is 0 Å². The number of aromatic nitrogens is 2. The first-order valence-corrected chi connectivity index (χ1v) is 7.86. The highest BCUT2D eigenvalue weighted by Gasteiger charge is 2.36. The van der Waals surface area contributed by atoms with E-state index >= 15 is 0 Å². The van der Waals surface area contributed by atoms with Crippen LogP contribution in [0.4, 0.5) is 5.69 Å². The molecule has 1 aliphatic carbocycles. The number of carbonyl (C=O) groups excluding carboxylic acids is 1. The Bertz CT molecular complexity index is 678. The van der Waals surface area contributed by atoms with Gasteiger partial charge in [-0.15, -0.1) is 0 Å². The molecule has 2 aromatic rings. The average molecular weight is 311 g/mol. The monoisotopic (exact) mass is 311 g/mol. The van der Waals surface area contributed by atoms with Crippen LogP contribution in [0.3, 0.4) is 0 Å². The van der Waals surface area contributed by atoms with Gasteiger partial charge in [-0.25, -0.2) is 4.98 Å². The summed E-state index contributed by atoms with van der Waals surface area (Å²) in [7, 11) is 1.63. The SMILES string of the molecule is COc1ccc(N(C(=O)c2cnc(C)cn2)[C@@H](C)C2CC2)cc1. The van der Waals surface area contributed by atoms with E-state index in [2.05, 4.69) is 16.9 Å². The Kier molecular flexibility index (Phi) is 4.28. The normalized spacial score (nSPS) is 15.1. The maximum absolute atomic E-state index is 13.0. The Morgan fingerprint density at radius 1 is 1.22 bits per heavy atom. The van der Waals surface area contributed by atoms with Crippen molar-refractivity contribution in [2.75, 3.05) is 12.0 Å². The maximum atomic E-state index is 13.0. The van der Waals surface area contributed by atoms with E-state index in [0.717, 1.165) is 17.1 Å². The minimum Gasteiger partial charge on any atom is -0.497 e. The standard InChI is InChI=1S/C18H21N3O2/c1-12-10-20-17(11-19-12)18(22)21(13(2)14-4-5-14)15-6-8-16(23-3)9-7-15/h6-11,13-14H,4-5H2,1-3H3/t13-/m0/s1. The van der Waals surface area contributed by atoms with Gasteiger partial charge in [0.05, 0.1) is 19.0 Å². The Morgan fingerprint density at radius 2 is 1.91 bits per heavy atom. The van der Waals surface area contributed by atoms with Gasteiger partial charge in [0.25, 0.3) is 5.91 Å². The molecule has 0 saturated heterocycles. The molecule has 1 atom stereocenters. The number of anilines is 1. The third kappa shape index (κ3) is 3.33. The number of nitrogens with zero attached hydrogens (tertiary/aromatic N) is 3. The van der Waals surface area contributed by atoms with Crippen molar-refractivity contribution in [1.29, 1.82) is 0 Å². The molecule has 0 aliphatic heterocycles. The van der Waals surface area contributed by atoms with Gasteiger partial charge in [0.2, 0.25) is 0 Å². The summed E-state index contributed by atoms with van der Waals surface area (Å²) in [6, 6.07) is 7.71. The van der Waals surface area contributed by atoms with Crippen LogP contribution in [0.5, 0.6) is 5.75 Å². The maximum Gasteiger partial charge on any atom is 0.278 e. The van der Waals surface area contributed by atoms with E-state index in [1.165, 1.54) is 12.8 Å². The molecule has 0 N–H and O–H groups in total. The van der Waals surface area contributed by atoms with E-state index < -0.39 is 0 Å². The molecule has 3 rings (SSSR count). The molecule has 120 valence electrons. The number of hydrogen-bond donors (Lipinski definition) is 0. The second kappa shape index (κ2) is 6.36. The van der Waals surface area contributed by atoms with Gasteiger partial charge in [0.15, 0.2) is 0 Å². The van der Waals surface area contributed by atoms with Crippen molar-refractivity contribution in [2.24, 2.45) is 5.92 Å². The first kappa shape index (κ1) is 15.5. The predicted molar refractivity (Wildman–Crippen MR) is 88.8 cm³/mol. The van der Waals surface area contributed by atoms with Gasteiger partial charge in [0.1, 0.15) is 11.4 Å². The molecular formula is C18H21N3O2. The van der Waals surface area contributed by atoms with Gasteiger partial charge in [0, 0.05) is 17.9 Å². The Balaban J connectivity index is 1.93. The lowest BCUT2D eigenvalue weighted by Gasteiger charge is -2.29. The van der Waals surface area contributed by atoms with Gasteiger partial charge in [-0.2, -0.15) is 0 Å². The fourth-order valence-electron chi connectivity index (χ4n) is 2.70. The second-order valence-corrected chi connectivity index (χ2v) is 5.99. The van der Waals surface area contributed by atoms with Crippen LogP contribution in [-0.2, 0) is 0 Å². The summed E-state index contributed by atoms with van der Waals surface area (Å²) in [4.78, 5) is 23.2. The van der Waals surface area contributed by atoms with Crippen molar-refractivity contribution in [3.05, 3.63) is 48.0 Å². The Morgan fingerprint density at radius 3 is 2.43 bits per heavy atom. The molecule has 0 unspecified atom stereocenters. The van der Waals surface area contributed by atoms with Crippen molar-refractivity contribution < 1.29 is 9.53 Å². The first-order chi connectivity index (χ1) is 11.1. The number of carbonyl (C=O) groups is 1. The number of benzene rings is 1. The van der Waals surface area contributed by atoms with Crippen LogP contribution in [0, 0.1) is 12.8 Å². The lowest BCUT2D eigenvalue weighted by atomic mass is 10.1. The molecule has 0 radical (unpaired) electrons. The molecule has 1 amide bonds. The summed E-state index contributed by atoms with van der Waals surface area (Å²) in [6.07, 6.45) is 5.51. The van der Waals surface area contributed by atoms with Gasteiger partial charge in [-0.05, 0) is 56.9 Å². The van der Waals surface area contributed by atoms with E-state index in [-0.39, 0.29) is 11.9 Å². The summed E-state index contributed by atoms with van der Waals surface area (Å²) in [5, 5.41) is 0. The molecule has 1 aliphatic rings. The van der Waals surface area contributed by atoms with E-state index in [9.17, 15) is 4.79 Å². The number of aryl methyl sites for hydroxylation is 1. The number of amides is 1. The van der Waals surface area contributed by atoms with Crippen LogP contribution in [0.15, 0.2) is 36.7 Å². The highest BCUT2D eigenvalue weighted by Crippen LogP contribution is 2.37. The fourth-order valence-corrected chi connectivity index (χ4v) is 2.70. The average Bonchev–Trinajstić information content (AvgIpc) is 3.41. The van der Waals surface area contributed by atoms with Crippen LogP contribution in [-0.4, -0.2) is 29.0 Å². The van der Waals surface area contributed by atoms with Crippen LogP contribution >= 0.6 is 0 Å². The predicted octanol–water partition coefficient (Wildman–Crippen LogP) is 3.24. The minimum absolute atomic E-state index is 0.109. The zero-order chi connectivity index (χ0) is 16.4. The molecule has 0 spiro atoms. The van der Waals surface area contributed by atoms with E-state index in [1.807, 2.05) is 36.1 Å². The van der Waals surface area contributed by atoms with Crippen molar-refractivity contribution >= 4 is 11.6 Å². The lowest BCUT2D eigenvalue weighted by Crippen LogP contribution is -2.40. The quantitative estimate of drug-likeness (QED) is 0.850. The highest BCUT2D eigenvalue weighted by atomic mass is 16.5. The highest BCUT2D eigenvalue weighted by molar-refractivity contribution is 6.05. The number of methoxy groups -OCH3 is 1. The third-order valence-electron chi connectivity index (χ3n) is 4.28. The summed E-state index contributed by atoms with van der Waals surface area (Å²) in [5.74, 6) is 1.22. The molecule has 1 saturated carbocycles. The molecule has 23 heavy (non-hydrogen) atoms. The van der Waals surface area contributed by atoms with Crippen molar-refractivity contribution in [2.45, 2.75) is 32.7 Å². The number of rotatable bonds is 5. The second-order valence-electron chi connectivity index (χ2n) is 5.99. The summed E-state index contributed by atoms with van der Waals surface area (Å²) in [5.41, 5.74) is 2.03. The molecule has 5 nitrogen and oxygen atoms in total. The van der Waals surface area contributed by atoms with E-state index in [4.69, 9.17) is 4.74 Å². The zero-order valence-corrected chi connectivity index (χ0v) is 13.7. The molecule has 1 heterocycles. The smallest absolute Gasteiger partial charge is 0.278 e. The topological polar surface area (TPSA) is 55.3 Å². The van der Waals surface area contributed by atoms with Crippen LogP contribution in [0.25, 0.3) is 0 Å². The molecule has 5 heteroatoms. The van der Waals surface area contributed by atoms with Gasteiger partial charge in [-0.1, -0.05) is 0 Å². The van der Waals surface area contributed by atoms with Crippen molar-refractivity contribution in [3.8, 4) is 5.75 Å². The lowest BCUT2D eigenvalue weighted by molar-refractivity contribution is 0.0970. The molecule has 1 aromatic heterocycles. The molecule has 0 bridgehead atoms. The third-order valence-corrected chi connectivity index (χ3v) is 4.28. The largest absolute Gasteiger partial charge is 0.497 e. The summed E-state index contributed by atoms with van der Waals surface area (Å²) >= 11 is 0.